The molecule has 0 amide bonds. The first kappa shape index (κ1) is 12.0. The zero-order valence-corrected chi connectivity index (χ0v) is 8.50. The van der Waals surface area contributed by atoms with E-state index in [0.717, 1.165) is 11.3 Å². The van der Waals surface area contributed by atoms with E-state index in [2.05, 4.69) is 10.3 Å². The van der Waals surface area contributed by atoms with Crippen molar-refractivity contribution < 1.29 is 13.9 Å². The molecule has 0 saturated carbocycles. The van der Waals surface area contributed by atoms with Gasteiger partial charge < -0.3 is 10.4 Å². The molecular weight excluding hydrogens is 202 g/mol. The van der Waals surface area contributed by atoms with E-state index in [4.69, 9.17) is 5.11 Å². The van der Waals surface area contributed by atoms with E-state index in [-0.39, 0.29) is 0 Å². The van der Waals surface area contributed by atoms with Crippen LogP contribution in [0.4, 0.5) is 8.78 Å². The molecule has 0 spiro atoms. The summed E-state index contributed by atoms with van der Waals surface area (Å²) in [6.07, 6.45) is 1.64. The van der Waals surface area contributed by atoms with E-state index in [9.17, 15) is 8.78 Å². The smallest absolute Gasteiger partial charge is 0.282 e. The fourth-order valence-corrected chi connectivity index (χ4v) is 1.05. The Kier molecular flexibility index (Phi) is 4.11. The summed E-state index contributed by atoms with van der Waals surface area (Å²) in [7, 11) is 0. The predicted octanol–water partition coefficient (Wildman–Crippen LogP) is 1.11. The molecule has 0 fully saturated rings. The number of nitrogens with one attached hydrogen (secondary N) is 1. The molecule has 0 aliphatic rings. The SMILES string of the molecule is Cc1ccc(CNCC(F)(F)CO)cn1. The zero-order chi connectivity index (χ0) is 11.3. The van der Waals surface area contributed by atoms with Crippen molar-refractivity contribution in [3.05, 3.63) is 29.6 Å². The summed E-state index contributed by atoms with van der Waals surface area (Å²) in [6, 6.07) is 3.65. The van der Waals surface area contributed by atoms with Gasteiger partial charge in [-0.2, -0.15) is 0 Å². The van der Waals surface area contributed by atoms with E-state index in [1.54, 1.807) is 6.20 Å². The highest BCUT2D eigenvalue weighted by atomic mass is 19.3. The van der Waals surface area contributed by atoms with Crippen molar-refractivity contribution in [2.24, 2.45) is 0 Å². The normalized spacial score (nSPS) is 11.7. The summed E-state index contributed by atoms with van der Waals surface area (Å²) in [5.74, 6) is -3.06. The molecule has 0 bridgehead atoms. The van der Waals surface area contributed by atoms with Crippen molar-refractivity contribution in [2.45, 2.75) is 19.4 Å². The Morgan fingerprint density at radius 1 is 1.47 bits per heavy atom. The molecule has 0 saturated heterocycles. The van der Waals surface area contributed by atoms with Gasteiger partial charge in [0.2, 0.25) is 0 Å². The number of hydrogen-bond donors (Lipinski definition) is 2. The molecule has 1 aromatic rings. The third kappa shape index (κ3) is 4.31. The average molecular weight is 216 g/mol. The molecule has 0 unspecified atom stereocenters. The molecule has 0 aliphatic heterocycles. The lowest BCUT2D eigenvalue weighted by atomic mass is 10.2. The van der Waals surface area contributed by atoms with Crippen molar-refractivity contribution in [2.75, 3.05) is 13.2 Å². The van der Waals surface area contributed by atoms with Gasteiger partial charge >= 0.3 is 0 Å². The third-order valence-corrected chi connectivity index (χ3v) is 1.92. The Hall–Kier alpha value is -1.07. The van der Waals surface area contributed by atoms with Crippen molar-refractivity contribution in [3.63, 3.8) is 0 Å². The van der Waals surface area contributed by atoms with Gasteiger partial charge in [0.05, 0.1) is 6.54 Å². The van der Waals surface area contributed by atoms with Crippen LogP contribution in [0.3, 0.4) is 0 Å². The van der Waals surface area contributed by atoms with Crippen LogP contribution in [0.15, 0.2) is 18.3 Å². The molecule has 1 heterocycles. The van der Waals surface area contributed by atoms with E-state index >= 15 is 0 Å². The number of pyridine rings is 1. The van der Waals surface area contributed by atoms with Gasteiger partial charge in [-0.05, 0) is 18.6 Å². The van der Waals surface area contributed by atoms with Crippen LogP contribution in [0.5, 0.6) is 0 Å². The van der Waals surface area contributed by atoms with Crippen LogP contribution in [-0.2, 0) is 6.54 Å². The van der Waals surface area contributed by atoms with Crippen molar-refractivity contribution in [1.29, 1.82) is 0 Å². The number of aryl methyl sites for hydroxylation is 1. The topological polar surface area (TPSA) is 45.1 Å². The lowest BCUT2D eigenvalue weighted by Gasteiger charge is -2.13. The fraction of sp³-hybridized carbons (Fsp3) is 0.500. The van der Waals surface area contributed by atoms with Gasteiger partial charge in [0.1, 0.15) is 6.61 Å². The second kappa shape index (κ2) is 5.14. The second-order valence-electron chi connectivity index (χ2n) is 3.43. The lowest BCUT2D eigenvalue weighted by molar-refractivity contribution is -0.0477. The van der Waals surface area contributed by atoms with Crippen molar-refractivity contribution in [3.8, 4) is 0 Å². The number of alkyl halides is 2. The fourth-order valence-electron chi connectivity index (χ4n) is 1.05. The van der Waals surface area contributed by atoms with E-state index in [1.807, 2.05) is 19.1 Å². The van der Waals surface area contributed by atoms with Crippen molar-refractivity contribution in [1.82, 2.24) is 10.3 Å². The Morgan fingerprint density at radius 3 is 2.73 bits per heavy atom. The van der Waals surface area contributed by atoms with Crippen LogP contribution < -0.4 is 5.32 Å². The molecule has 1 rings (SSSR count). The van der Waals surface area contributed by atoms with Crippen LogP contribution in [0.25, 0.3) is 0 Å². The minimum Gasteiger partial charge on any atom is -0.390 e. The Bertz CT molecular complexity index is 301. The molecule has 1 aromatic heterocycles. The predicted molar refractivity (Wildman–Crippen MR) is 52.7 cm³/mol. The van der Waals surface area contributed by atoms with Gasteiger partial charge in [0.25, 0.3) is 5.92 Å². The number of nitrogens with zero attached hydrogens (tertiary/aromatic N) is 1. The largest absolute Gasteiger partial charge is 0.390 e. The molecule has 84 valence electrons. The number of rotatable bonds is 5. The molecule has 15 heavy (non-hydrogen) atoms. The molecule has 0 radical (unpaired) electrons. The van der Waals surface area contributed by atoms with Gasteiger partial charge in [0, 0.05) is 18.4 Å². The molecule has 0 aromatic carbocycles. The van der Waals surface area contributed by atoms with E-state index in [1.165, 1.54) is 0 Å². The Morgan fingerprint density at radius 2 is 2.20 bits per heavy atom. The van der Waals surface area contributed by atoms with Gasteiger partial charge in [0.15, 0.2) is 0 Å². The van der Waals surface area contributed by atoms with Gasteiger partial charge in [-0.3, -0.25) is 4.98 Å². The summed E-state index contributed by atoms with van der Waals surface area (Å²) in [5.41, 5.74) is 1.73. The molecule has 5 heteroatoms. The monoisotopic (exact) mass is 216 g/mol. The highest BCUT2D eigenvalue weighted by Crippen LogP contribution is 2.10. The molecule has 0 aliphatic carbocycles. The van der Waals surface area contributed by atoms with Gasteiger partial charge in [-0.15, -0.1) is 0 Å². The first-order valence-corrected chi connectivity index (χ1v) is 4.64. The number of halogens is 2. The Balaban J connectivity index is 2.35. The van der Waals surface area contributed by atoms with Gasteiger partial charge in [-0.25, -0.2) is 8.78 Å². The second-order valence-corrected chi connectivity index (χ2v) is 3.43. The summed E-state index contributed by atoms with van der Waals surface area (Å²) >= 11 is 0. The summed E-state index contributed by atoms with van der Waals surface area (Å²) < 4.78 is 25.2. The number of aromatic nitrogens is 1. The highest BCUT2D eigenvalue weighted by molar-refractivity contribution is 5.12. The first-order chi connectivity index (χ1) is 7.03. The van der Waals surface area contributed by atoms with Crippen LogP contribution in [0.2, 0.25) is 0 Å². The average Bonchev–Trinajstić information content (AvgIpc) is 2.21. The summed E-state index contributed by atoms with van der Waals surface area (Å²) in [5, 5.41) is 10.9. The molecule has 3 nitrogen and oxygen atoms in total. The molecular formula is C10H14F2N2O. The number of aliphatic hydroxyl groups excluding tert-OH is 1. The zero-order valence-electron chi connectivity index (χ0n) is 8.50. The lowest BCUT2D eigenvalue weighted by Crippen LogP contribution is -2.35. The Labute approximate surface area is 87.2 Å². The minimum atomic E-state index is -3.06. The summed E-state index contributed by atoms with van der Waals surface area (Å²) in [6.45, 7) is 0.517. The standard InChI is InChI=1S/C10H14F2N2O/c1-8-2-3-9(5-14-8)4-13-6-10(11,12)7-15/h2-3,5,13,15H,4,6-7H2,1H3. The van der Waals surface area contributed by atoms with E-state index < -0.39 is 19.1 Å². The maximum absolute atomic E-state index is 12.6. The maximum Gasteiger partial charge on any atom is 0.282 e. The van der Waals surface area contributed by atoms with E-state index in [0.29, 0.717) is 6.54 Å². The van der Waals surface area contributed by atoms with Crippen molar-refractivity contribution >= 4 is 0 Å². The van der Waals surface area contributed by atoms with Crippen LogP contribution in [0, 0.1) is 6.92 Å². The van der Waals surface area contributed by atoms with Gasteiger partial charge in [-0.1, -0.05) is 6.07 Å². The highest BCUT2D eigenvalue weighted by Gasteiger charge is 2.26. The first-order valence-electron chi connectivity index (χ1n) is 4.64. The maximum atomic E-state index is 12.6. The quantitative estimate of drug-likeness (QED) is 0.775. The minimum absolute atomic E-state index is 0.322. The van der Waals surface area contributed by atoms with Crippen LogP contribution >= 0.6 is 0 Å². The third-order valence-electron chi connectivity index (χ3n) is 1.92. The molecule has 0 atom stereocenters. The number of hydrogen-bond acceptors (Lipinski definition) is 3. The summed E-state index contributed by atoms with van der Waals surface area (Å²) in [4.78, 5) is 4.04. The number of aliphatic hydroxyl groups is 1. The van der Waals surface area contributed by atoms with Crippen LogP contribution in [0.1, 0.15) is 11.3 Å². The van der Waals surface area contributed by atoms with Crippen LogP contribution in [-0.4, -0.2) is 29.2 Å². The molecule has 2 N–H and O–H groups in total.